The lowest BCUT2D eigenvalue weighted by atomic mass is 10.3. The van der Waals surface area contributed by atoms with Gasteiger partial charge in [-0.05, 0) is 19.1 Å². The topological polar surface area (TPSA) is 116 Å². The summed E-state index contributed by atoms with van der Waals surface area (Å²) in [6.07, 6.45) is 0. The van der Waals surface area contributed by atoms with Crippen molar-refractivity contribution >= 4 is 11.4 Å². The number of nitrogens with zero attached hydrogens (tertiary/aromatic N) is 6. The fraction of sp³-hybridized carbons (Fsp3) is 0.235. The zero-order valence-corrected chi connectivity index (χ0v) is 15.2. The summed E-state index contributed by atoms with van der Waals surface area (Å²) in [5, 5.41) is 17.7. The van der Waals surface area contributed by atoms with E-state index >= 15 is 0 Å². The Morgan fingerprint density at radius 2 is 1.44 bits per heavy atom. The third-order valence-electron chi connectivity index (χ3n) is 4.38. The Bertz CT molecular complexity index is 1230. The normalized spacial score (nSPS) is 11.4. The SMILES string of the molecule is Cc1c(/N=N/c2c(O)n(C)c(=O)n(C)c2=O)c(=O)n(-c2ccccc2)n1C. The molecule has 0 saturated carbocycles. The highest BCUT2D eigenvalue weighted by molar-refractivity contribution is 5.47. The van der Waals surface area contributed by atoms with E-state index in [1.165, 1.54) is 18.8 Å². The average Bonchev–Trinajstić information content (AvgIpc) is 2.88. The molecule has 3 aromatic rings. The molecule has 0 bridgehead atoms. The number of hydrogen-bond acceptors (Lipinski definition) is 6. The van der Waals surface area contributed by atoms with Crippen LogP contribution in [0.1, 0.15) is 5.69 Å². The van der Waals surface area contributed by atoms with Gasteiger partial charge < -0.3 is 5.11 Å². The molecule has 0 fully saturated rings. The quantitative estimate of drug-likeness (QED) is 0.692. The summed E-state index contributed by atoms with van der Waals surface area (Å²) < 4.78 is 4.71. The van der Waals surface area contributed by atoms with Crippen molar-refractivity contribution in [3.8, 4) is 11.6 Å². The molecule has 1 aromatic carbocycles. The molecular formula is C17H18N6O4. The standard InChI is InChI=1S/C17H18N6O4/c1-10-12(16(26)23(22(10)4)11-8-6-5-7-9-11)18-19-13-14(24)20(2)17(27)21(3)15(13)25/h5-9,24H,1-4H3/b19-18+. The van der Waals surface area contributed by atoms with Crippen molar-refractivity contribution in [2.24, 2.45) is 31.4 Å². The van der Waals surface area contributed by atoms with E-state index in [0.29, 0.717) is 11.4 Å². The van der Waals surface area contributed by atoms with Crippen molar-refractivity contribution in [1.82, 2.24) is 18.5 Å². The maximum atomic E-state index is 12.8. The van der Waals surface area contributed by atoms with Crippen molar-refractivity contribution < 1.29 is 5.11 Å². The third-order valence-corrected chi connectivity index (χ3v) is 4.38. The molecule has 0 atom stereocenters. The lowest BCUT2D eigenvalue weighted by Gasteiger charge is -2.07. The minimum absolute atomic E-state index is 0.0247. The molecule has 0 amide bonds. The van der Waals surface area contributed by atoms with E-state index in [1.807, 2.05) is 6.07 Å². The van der Waals surface area contributed by atoms with Crippen molar-refractivity contribution in [2.75, 3.05) is 0 Å². The molecule has 0 unspecified atom stereocenters. The number of hydrogen-bond donors (Lipinski definition) is 1. The summed E-state index contributed by atoms with van der Waals surface area (Å²) >= 11 is 0. The van der Waals surface area contributed by atoms with Crippen LogP contribution in [0.5, 0.6) is 5.88 Å². The largest absolute Gasteiger partial charge is 0.493 e. The first-order chi connectivity index (χ1) is 12.8. The van der Waals surface area contributed by atoms with Crippen LogP contribution in [0.3, 0.4) is 0 Å². The monoisotopic (exact) mass is 370 g/mol. The van der Waals surface area contributed by atoms with Gasteiger partial charge >= 0.3 is 5.69 Å². The van der Waals surface area contributed by atoms with E-state index in [4.69, 9.17) is 0 Å². The lowest BCUT2D eigenvalue weighted by Crippen LogP contribution is -2.36. The summed E-state index contributed by atoms with van der Waals surface area (Å²) in [7, 11) is 4.26. The van der Waals surface area contributed by atoms with Gasteiger partial charge in [-0.2, -0.15) is 0 Å². The highest BCUT2D eigenvalue weighted by Crippen LogP contribution is 2.23. The molecule has 1 N–H and O–H groups in total. The molecule has 0 aliphatic carbocycles. The van der Waals surface area contributed by atoms with Gasteiger partial charge in [-0.1, -0.05) is 18.2 Å². The van der Waals surface area contributed by atoms with Crippen LogP contribution >= 0.6 is 0 Å². The maximum absolute atomic E-state index is 12.8. The van der Waals surface area contributed by atoms with Crippen LogP contribution in [0.2, 0.25) is 0 Å². The maximum Gasteiger partial charge on any atom is 0.333 e. The van der Waals surface area contributed by atoms with Crippen LogP contribution < -0.4 is 16.8 Å². The van der Waals surface area contributed by atoms with Crippen LogP contribution in [-0.2, 0) is 21.1 Å². The fourth-order valence-electron chi connectivity index (χ4n) is 2.67. The van der Waals surface area contributed by atoms with Crippen LogP contribution in [0.15, 0.2) is 54.9 Å². The van der Waals surface area contributed by atoms with Gasteiger partial charge in [0.2, 0.25) is 11.6 Å². The van der Waals surface area contributed by atoms with E-state index in [9.17, 15) is 19.5 Å². The van der Waals surface area contributed by atoms with Gasteiger partial charge in [0.15, 0.2) is 5.69 Å². The van der Waals surface area contributed by atoms with E-state index in [-0.39, 0.29) is 5.69 Å². The lowest BCUT2D eigenvalue weighted by molar-refractivity contribution is 0.413. The second-order valence-corrected chi connectivity index (χ2v) is 5.99. The Morgan fingerprint density at radius 3 is 2.07 bits per heavy atom. The van der Waals surface area contributed by atoms with Crippen molar-refractivity contribution in [3.63, 3.8) is 0 Å². The van der Waals surface area contributed by atoms with Gasteiger partial charge in [0.25, 0.3) is 11.1 Å². The molecule has 27 heavy (non-hydrogen) atoms. The minimum atomic E-state index is -0.809. The van der Waals surface area contributed by atoms with Crippen molar-refractivity contribution in [1.29, 1.82) is 0 Å². The third kappa shape index (κ3) is 2.80. The van der Waals surface area contributed by atoms with E-state index in [1.54, 1.807) is 42.9 Å². The fourth-order valence-corrected chi connectivity index (χ4v) is 2.67. The molecule has 0 aliphatic heterocycles. The average molecular weight is 370 g/mol. The van der Waals surface area contributed by atoms with Crippen LogP contribution in [-0.4, -0.2) is 23.6 Å². The number of aromatic hydroxyl groups is 1. The number of azo groups is 1. The first-order valence-corrected chi connectivity index (χ1v) is 8.00. The van der Waals surface area contributed by atoms with Crippen LogP contribution in [0, 0.1) is 6.92 Å². The van der Waals surface area contributed by atoms with Crippen molar-refractivity contribution in [3.05, 3.63) is 67.2 Å². The number of para-hydroxylation sites is 1. The second-order valence-electron chi connectivity index (χ2n) is 5.99. The van der Waals surface area contributed by atoms with E-state index in [0.717, 1.165) is 9.13 Å². The number of rotatable bonds is 3. The molecule has 3 rings (SSSR count). The zero-order chi connectivity index (χ0) is 19.9. The Morgan fingerprint density at radius 1 is 0.852 bits per heavy atom. The van der Waals surface area contributed by atoms with E-state index in [2.05, 4.69) is 10.2 Å². The Labute approximate surface area is 152 Å². The van der Waals surface area contributed by atoms with Gasteiger partial charge in [-0.15, -0.1) is 10.2 Å². The Kier molecular flexibility index (Phi) is 4.40. The molecule has 140 valence electrons. The van der Waals surface area contributed by atoms with Crippen molar-refractivity contribution in [2.45, 2.75) is 6.92 Å². The van der Waals surface area contributed by atoms with E-state index < -0.39 is 28.4 Å². The van der Waals surface area contributed by atoms with Gasteiger partial charge in [0.1, 0.15) is 0 Å². The molecule has 0 aliphatic rings. The molecule has 2 heterocycles. The summed E-state index contributed by atoms with van der Waals surface area (Å²) in [6.45, 7) is 1.69. The molecule has 10 heteroatoms. The smallest absolute Gasteiger partial charge is 0.333 e. The van der Waals surface area contributed by atoms with Crippen LogP contribution in [0.25, 0.3) is 5.69 Å². The summed E-state index contributed by atoms with van der Waals surface area (Å²) in [4.78, 5) is 36.8. The minimum Gasteiger partial charge on any atom is -0.493 e. The molecule has 0 saturated heterocycles. The summed E-state index contributed by atoms with van der Waals surface area (Å²) in [6, 6.07) is 8.99. The summed E-state index contributed by atoms with van der Waals surface area (Å²) in [5.41, 5.74) is -1.16. The highest BCUT2D eigenvalue weighted by atomic mass is 16.3. The molecule has 0 radical (unpaired) electrons. The van der Waals surface area contributed by atoms with Crippen LogP contribution in [0.4, 0.5) is 11.4 Å². The molecule has 10 nitrogen and oxygen atoms in total. The molecule has 0 spiro atoms. The van der Waals surface area contributed by atoms with Gasteiger partial charge in [-0.25, -0.2) is 9.48 Å². The zero-order valence-electron chi connectivity index (χ0n) is 15.2. The molecule has 2 aromatic heterocycles. The summed E-state index contributed by atoms with van der Waals surface area (Å²) in [5.74, 6) is -0.621. The first kappa shape index (κ1) is 18.1. The van der Waals surface area contributed by atoms with Gasteiger partial charge in [-0.3, -0.25) is 23.4 Å². The number of aromatic nitrogens is 4. The Hall–Kier alpha value is -3.69. The molecular weight excluding hydrogens is 352 g/mol. The second kappa shape index (κ2) is 6.56. The Balaban J connectivity index is 2.18. The predicted molar refractivity (Wildman–Crippen MR) is 98.5 cm³/mol. The first-order valence-electron chi connectivity index (χ1n) is 8.00. The van der Waals surface area contributed by atoms with Gasteiger partial charge in [0, 0.05) is 21.1 Å². The number of benzene rings is 1. The predicted octanol–water partition coefficient (Wildman–Crippen LogP) is 1.00. The highest BCUT2D eigenvalue weighted by Gasteiger charge is 2.18. The van der Waals surface area contributed by atoms with Gasteiger partial charge in [0.05, 0.1) is 11.4 Å².